The number of thiocarbonyl (C=S) groups is 1. The van der Waals surface area contributed by atoms with E-state index in [4.69, 9.17) is 17.0 Å². The molecular weight excluding hydrogens is 448 g/mol. The first kappa shape index (κ1) is 18.1. The van der Waals surface area contributed by atoms with Crippen molar-refractivity contribution in [2.24, 2.45) is 5.92 Å². The molecule has 1 aliphatic heterocycles. The first-order valence-corrected chi connectivity index (χ1v) is 8.77. The topological polar surface area (TPSA) is 67.4 Å². The molecule has 1 heterocycles. The summed E-state index contributed by atoms with van der Waals surface area (Å²) in [5, 5.41) is 4.82. The molecule has 122 valence electrons. The van der Waals surface area contributed by atoms with Gasteiger partial charge in [-0.3, -0.25) is 20.2 Å². The third-order valence-electron chi connectivity index (χ3n) is 2.84. The van der Waals surface area contributed by atoms with Crippen LogP contribution >= 0.6 is 44.1 Å². The molecule has 1 saturated heterocycles. The second-order valence-corrected chi connectivity index (χ2v) is 7.48. The van der Waals surface area contributed by atoms with Gasteiger partial charge in [0.2, 0.25) is 0 Å². The Labute approximate surface area is 156 Å². The second kappa shape index (κ2) is 7.55. The molecule has 1 fully saturated rings. The summed E-state index contributed by atoms with van der Waals surface area (Å²) in [4.78, 5) is 23.9. The van der Waals surface area contributed by atoms with Crippen molar-refractivity contribution >= 4 is 67.1 Å². The highest BCUT2D eigenvalue weighted by atomic mass is 79.9. The van der Waals surface area contributed by atoms with Gasteiger partial charge in [0.15, 0.2) is 5.11 Å². The number of amides is 2. The predicted molar refractivity (Wildman–Crippen MR) is 99.0 cm³/mol. The molecule has 2 rings (SSSR count). The number of carbonyl (C=O) groups excluding carboxylic acids is 2. The third-order valence-corrected chi connectivity index (χ3v) is 4.09. The molecule has 8 heteroatoms. The molecule has 0 aliphatic carbocycles. The highest BCUT2D eigenvalue weighted by Gasteiger charge is 2.26. The number of benzene rings is 1. The fourth-order valence-corrected chi connectivity index (χ4v) is 3.41. The van der Waals surface area contributed by atoms with Gasteiger partial charge in [-0.25, -0.2) is 0 Å². The Hall–Kier alpha value is -1.25. The van der Waals surface area contributed by atoms with Crippen molar-refractivity contribution in [1.29, 1.82) is 0 Å². The molecule has 0 aromatic heterocycles. The van der Waals surface area contributed by atoms with Crippen molar-refractivity contribution in [3.8, 4) is 5.75 Å². The summed E-state index contributed by atoms with van der Waals surface area (Å²) in [5.41, 5.74) is 0.581. The van der Waals surface area contributed by atoms with Gasteiger partial charge >= 0.3 is 0 Å². The lowest BCUT2D eigenvalue weighted by Gasteiger charge is -2.18. The van der Waals surface area contributed by atoms with Crippen molar-refractivity contribution in [3.05, 3.63) is 32.2 Å². The molecule has 1 aromatic carbocycles. The number of hydrogen-bond acceptors (Lipinski definition) is 4. The van der Waals surface area contributed by atoms with Gasteiger partial charge in [0.1, 0.15) is 11.3 Å². The molecule has 0 saturated carbocycles. The van der Waals surface area contributed by atoms with Crippen LogP contribution in [0.25, 0.3) is 6.08 Å². The predicted octanol–water partition coefficient (Wildman–Crippen LogP) is 3.16. The van der Waals surface area contributed by atoms with E-state index in [9.17, 15) is 9.59 Å². The molecule has 1 aliphatic rings. The second-order valence-electron chi connectivity index (χ2n) is 5.31. The van der Waals surface area contributed by atoms with Crippen LogP contribution in [0.1, 0.15) is 19.4 Å². The molecule has 0 radical (unpaired) electrons. The number of carbonyl (C=O) groups is 2. The Balaban J connectivity index is 2.45. The maximum absolute atomic E-state index is 12.0. The summed E-state index contributed by atoms with van der Waals surface area (Å²) in [7, 11) is 0. The van der Waals surface area contributed by atoms with Crippen LogP contribution in [0.15, 0.2) is 26.7 Å². The summed E-state index contributed by atoms with van der Waals surface area (Å²) in [6.45, 7) is 4.58. The van der Waals surface area contributed by atoms with Crippen LogP contribution in [0.4, 0.5) is 0 Å². The van der Waals surface area contributed by atoms with E-state index in [2.05, 4.69) is 42.5 Å². The Bertz CT molecular complexity index is 695. The summed E-state index contributed by atoms with van der Waals surface area (Å²) in [6.07, 6.45) is 1.48. The van der Waals surface area contributed by atoms with Crippen LogP contribution in [0.2, 0.25) is 0 Å². The van der Waals surface area contributed by atoms with E-state index in [1.165, 1.54) is 6.08 Å². The van der Waals surface area contributed by atoms with Gasteiger partial charge in [-0.2, -0.15) is 0 Å². The number of ether oxygens (including phenoxy) is 1. The molecule has 2 N–H and O–H groups in total. The molecule has 2 amide bonds. The average Bonchev–Trinajstić information content (AvgIpc) is 2.41. The standard InChI is InChI=1S/C15H14Br2N2O3S/c1-7(2)6-22-12-8(3-9(16)5-11(12)17)4-10-13(20)18-15(23)19-14(10)21/h3-5,7H,6H2,1-2H3,(H2,18,19,20,21,23). The van der Waals surface area contributed by atoms with Crippen LogP contribution in [-0.2, 0) is 9.59 Å². The molecule has 0 atom stereocenters. The molecule has 0 unspecified atom stereocenters. The summed E-state index contributed by atoms with van der Waals surface area (Å²) < 4.78 is 7.34. The van der Waals surface area contributed by atoms with Crippen molar-refractivity contribution in [2.45, 2.75) is 13.8 Å². The van der Waals surface area contributed by atoms with Crippen molar-refractivity contribution in [2.75, 3.05) is 6.61 Å². The monoisotopic (exact) mass is 460 g/mol. The fraction of sp³-hybridized carbons (Fsp3) is 0.267. The maximum atomic E-state index is 12.0. The first-order chi connectivity index (χ1) is 10.8. The average molecular weight is 462 g/mol. The van der Waals surface area contributed by atoms with Gasteiger partial charge in [-0.1, -0.05) is 29.8 Å². The maximum Gasteiger partial charge on any atom is 0.263 e. The Kier molecular flexibility index (Phi) is 5.94. The van der Waals surface area contributed by atoms with Gasteiger partial charge in [0.05, 0.1) is 11.1 Å². The molecule has 0 bridgehead atoms. The van der Waals surface area contributed by atoms with Crippen LogP contribution in [0, 0.1) is 5.92 Å². The van der Waals surface area contributed by atoms with Crippen LogP contribution < -0.4 is 15.4 Å². The zero-order valence-corrected chi connectivity index (χ0v) is 16.4. The van der Waals surface area contributed by atoms with Crippen molar-refractivity contribution < 1.29 is 14.3 Å². The lowest BCUT2D eigenvalue weighted by molar-refractivity contribution is -0.123. The Morgan fingerprint density at radius 3 is 2.39 bits per heavy atom. The lowest BCUT2D eigenvalue weighted by Crippen LogP contribution is -2.51. The quantitative estimate of drug-likeness (QED) is 0.410. The van der Waals surface area contributed by atoms with Gasteiger partial charge in [-0.05, 0) is 52.3 Å². The van der Waals surface area contributed by atoms with E-state index in [0.717, 1.165) is 8.95 Å². The van der Waals surface area contributed by atoms with Crippen molar-refractivity contribution in [1.82, 2.24) is 10.6 Å². The minimum Gasteiger partial charge on any atom is -0.492 e. The van der Waals surface area contributed by atoms with Gasteiger partial charge in [0.25, 0.3) is 11.8 Å². The van der Waals surface area contributed by atoms with Gasteiger partial charge in [-0.15, -0.1) is 0 Å². The summed E-state index contributed by atoms with van der Waals surface area (Å²) in [5.74, 6) is -0.165. The normalized spacial score (nSPS) is 14.7. The number of nitrogens with one attached hydrogen (secondary N) is 2. The molecule has 0 spiro atoms. The van der Waals surface area contributed by atoms with Gasteiger partial charge < -0.3 is 4.74 Å². The Morgan fingerprint density at radius 2 is 1.83 bits per heavy atom. The zero-order valence-electron chi connectivity index (χ0n) is 12.4. The molecule has 1 aromatic rings. The van der Waals surface area contributed by atoms with E-state index in [-0.39, 0.29) is 10.7 Å². The molecular formula is C15H14Br2N2O3S. The van der Waals surface area contributed by atoms with Crippen LogP contribution in [-0.4, -0.2) is 23.5 Å². The highest BCUT2D eigenvalue weighted by molar-refractivity contribution is 9.11. The lowest BCUT2D eigenvalue weighted by atomic mass is 10.1. The number of rotatable bonds is 4. The highest BCUT2D eigenvalue weighted by Crippen LogP contribution is 2.34. The van der Waals surface area contributed by atoms with E-state index >= 15 is 0 Å². The van der Waals surface area contributed by atoms with E-state index in [1.807, 2.05) is 19.9 Å². The largest absolute Gasteiger partial charge is 0.492 e. The minimum absolute atomic E-state index is 0.00357. The van der Waals surface area contributed by atoms with Gasteiger partial charge in [0, 0.05) is 10.0 Å². The Morgan fingerprint density at radius 1 is 1.22 bits per heavy atom. The zero-order chi connectivity index (χ0) is 17.1. The SMILES string of the molecule is CC(C)COc1c(Br)cc(Br)cc1C=C1C(=O)NC(=S)NC1=O. The van der Waals surface area contributed by atoms with Crippen molar-refractivity contribution in [3.63, 3.8) is 0 Å². The minimum atomic E-state index is -0.537. The molecule has 5 nitrogen and oxygen atoms in total. The van der Waals surface area contributed by atoms with E-state index < -0.39 is 11.8 Å². The number of halogens is 2. The molecule has 23 heavy (non-hydrogen) atoms. The van der Waals surface area contributed by atoms with E-state index in [1.54, 1.807) is 6.07 Å². The fourth-order valence-electron chi connectivity index (χ4n) is 1.85. The van der Waals surface area contributed by atoms with E-state index in [0.29, 0.717) is 23.8 Å². The van der Waals surface area contributed by atoms with Crippen LogP contribution in [0.3, 0.4) is 0 Å². The summed E-state index contributed by atoms with van der Waals surface area (Å²) in [6, 6.07) is 3.62. The third kappa shape index (κ3) is 4.62. The van der Waals surface area contributed by atoms with Crippen LogP contribution in [0.5, 0.6) is 5.75 Å². The smallest absolute Gasteiger partial charge is 0.263 e. The summed E-state index contributed by atoms with van der Waals surface area (Å²) >= 11 is 11.6. The first-order valence-electron chi connectivity index (χ1n) is 6.78. The number of hydrogen-bond donors (Lipinski definition) is 2.